The number of fused-ring (bicyclic) bond motifs is 2. The maximum Gasteiger partial charge on any atom is 0.181 e. The van der Waals surface area contributed by atoms with Gasteiger partial charge < -0.3 is 10.4 Å². The maximum atomic E-state index is 14.5. The summed E-state index contributed by atoms with van der Waals surface area (Å²) in [5, 5.41) is 20.8. The quantitative estimate of drug-likeness (QED) is 0.400. The van der Waals surface area contributed by atoms with Gasteiger partial charge in [0.15, 0.2) is 11.5 Å². The highest BCUT2D eigenvalue weighted by Crippen LogP contribution is 2.57. The van der Waals surface area contributed by atoms with E-state index in [-0.39, 0.29) is 23.4 Å². The number of nitrogens with zero attached hydrogens (tertiary/aromatic N) is 3. The van der Waals surface area contributed by atoms with Crippen LogP contribution in [0.3, 0.4) is 0 Å². The lowest BCUT2D eigenvalue weighted by molar-refractivity contribution is 0.310. The van der Waals surface area contributed by atoms with Crippen LogP contribution >= 0.6 is 0 Å². The Hall–Kier alpha value is -2.96. The number of halogens is 1. The van der Waals surface area contributed by atoms with E-state index in [0.29, 0.717) is 23.2 Å². The number of rotatable bonds is 6. The first kappa shape index (κ1) is 18.4. The van der Waals surface area contributed by atoms with E-state index in [1.165, 1.54) is 6.20 Å². The number of allylic oxidation sites excluding steroid dienone is 2. The van der Waals surface area contributed by atoms with Crippen LogP contribution in [-0.4, -0.2) is 32.0 Å². The molecule has 2 saturated carbocycles. The molecule has 4 rings (SSSR count). The fourth-order valence-corrected chi connectivity index (χ4v) is 4.20. The fourth-order valence-electron chi connectivity index (χ4n) is 4.20. The number of H-pyrrole nitrogens is 1. The number of aromatic nitrogens is 3. The van der Waals surface area contributed by atoms with Crippen LogP contribution in [0.15, 0.2) is 53.9 Å². The summed E-state index contributed by atoms with van der Waals surface area (Å²) in [4.78, 5) is 8.50. The summed E-state index contributed by atoms with van der Waals surface area (Å²) >= 11 is 0. The minimum atomic E-state index is -0.513. The van der Waals surface area contributed by atoms with Gasteiger partial charge in [0.25, 0.3) is 0 Å². The van der Waals surface area contributed by atoms with E-state index >= 15 is 0 Å². The SMILES string of the molecule is C=C(NC1CC(C(=C)O)C2CC12)/C(F)=C\N=C(C)c1[nH]nc2ncc(C)cc12. The highest BCUT2D eigenvalue weighted by Gasteiger charge is 2.55. The molecule has 0 bridgehead atoms. The van der Waals surface area contributed by atoms with Crippen molar-refractivity contribution in [2.45, 2.75) is 32.7 Å². The lowest BCUT2D eigenvalue weighted by Crippen LogP contribution is -2.29. The van der Waals surface area contributed by atoms with Crippen molar-refractivity contribution in [1.29, 1.82) is 0 Å². The number of pyridine rings is 1. The Labute approximate surface area is 163 Å². The van der Waals surface area contributed by atoms with Gasteiger partial charge in [-0.05, 0) is 50.2 Å². The molecular formula is C21H24FN5O. The maximum absolute atomic E-state index is 14.5. The topological polar surface area (TPSA) is 86.2 Å². The predicted octanol–water partition coefficient (Wildman–Crippen LogP) is 4.09. The molecule has 7 heteroatoms. The second-order valence-electron chi connectivity index (χ2n) is 7.80. The molecule has 2 aliphatic rings. The molecule has 2 fully saturated rings. The summed E-state index contributed by atoms with van der Waals surface area (Å²) in [6.07, 6.45) is 4.71. The van der Waals surface area contributed by atoms with Crippen molar-refractivity contribution in [2.75, 3.05) is 0 Å². The van der Waals surface area contributed by atoms with Gasteiger partial charge in [-0.3, -0.25) is 10.1 Å². The number of aliphatic hydroxyl groups excluding tert-OH is 1. The van der Waals surface area contributed by atoms with Gasteiger partial charge in [0, 0.05) is 23.5 Å². The summed E-state index contributed by atoms with van der Waals surface area (Å²) in [6.45, 7) is 11.2. The molecule has 4 unspecified atom stereocenters. The Balaban J connectivity index is 1.45. The van der Waals surface area contributed by atoms with Gasteiger partial charge >= 0.3 is 0 Å². The van der Waals surface area contributed by atoms with Crippen LogP contribution in [0, 0.1) is 24.7 Å². The molecule has 0 spiro atoms. The van der Waals surface area contributed by atoms with Crippen LogP contribution in [-0.2, 0) is 0 Å². The number of hydrogen-bond donors (Lipinski definition) is 3. The Morgan fingerprint density at radius 1 is 1.39 bits per heavy atom. The Kier molecular flexibility index (Phi) is 4.53. The number of aryl methyl sites for hydroxylation is 1. The third kappa shape index (κ3) is 3.32. The zero-order valence-electron chi connectivity index (χ0n) is 16.0. The van der Waals surface area contributed by atoms with Crippen molar-refractivity contribution >= 4 is 16.7 Å². The van der Waals surface area contributed by atoms with Crippen LogP contribution in [0.25, 0.3) is 11.0 Å². The highest BCUT2D eigenvalue weighted by molar-refractivity contribution is 6.07. The van der Waals surface area contributed by atoms with Gasteiger partial charge in [0.2, 0.25) is 0 Å². The van der Waals surface area contributed by atoms with E-state index in [1.54, 1.807) is 13.1 Å². The number of aromatic amines is 1. The summed E-state index contributed by atoms with van der Waals surface area (Å²) in [5.41, 5.74) is 3.16. The van der Waals surface area contributed by atoms with Gasteiger partial charge in [-0.15, -0.1) is 0 Å². The van der Waals surface area contributed by atoms with Gasteiger partial charge in [-0.25, -0.2) is 9.37 Å². The first-order valence-corrected chi connectivity index (χ1v) is 9.40. The molecule has 6 nitrogen and oxygen atoms in total. The summed E-state index contributed by atoms with van der Waals surface area (Å²) in [7, 11) is 0. The van der Waals surface area contributed by atoms with E-state index in [2.05, 4.69) is 38.6 Å². The lowest BCUT2D eigenvalue weighted by atomic mass is 10.0. The van der Waals surface area contributed by atoms with Crippen molar-refractivity contribution in [3.63, 3.8) is 0 Å². The molecule has 0 aliphatic heterocycles. The molecule has 0 amide bonds. The molecule has 0 aromatic carbocycles. The minimum absolute atomic E-state index is 0.105. The smallest absolute Gasteiger partial charge is 0.181 e. The summed E-state index contributed by atoms with van der Waals surface area (Å²) < 4.78 is 14.5. The molecule has 4 atom stereocenters. The molecule has 3 N–H and O–H groups in total. The fraction of sp³-hybridized carbons (Fsp3) is 0.381. The van der Waals surface area contributed by atoms with Crippen LogP contribution < -0.4 is 5.32 Å². The Bertz CT molecular complexity index is 1020. The number of aliphatic imine (C=N–C) groups is 1. The van der Waals surface area contributed by atoms with Crippen LogP contribution in [0.4, 0.5) is 4.39 Å². The van der Waals surface area contributed by atoms with Crippen molar-refractivity contribution in [2.24, 2.45) is 22.7 Å². The number of aliphatic hydroxyl groups is 1. The first-order chi connectivity index (χ1) is 13.3. The third-order valence-electron chi connectivity index (χ3n) is 5.79. The van der Waals surface area contributed by atoms with Crippen LogP contribution in [0.5, 0.6) is 0 Å². The monoisotopic (exact) mass is 381 g/mol. The van der Waals surface area contributed by atoms with E-state index in [9.17, 15) is 9.50 Å². The molecule has 28 heavy (non-hydrogen) atoms. The van der Waals surface area contributed by atoms with E-state index in [4.69, 9.17) is 0 Å². The average Bonchev–Trinajstić information content (AvgIpc) is 3.20. The molecule has 2 aromatic rings. The van der Waals surface area contributed by atoms with E-state index < -0.39 is 5.83 Å². The molecule has 2 aromatic heterocycles. The Morgan fingerprint density at radius 3 is 2.89 bits per heavy atom. The minimum Gasteiger partial charge on any atom is -0.513 e. The predicted molar refractivity (Wildman–Crippen MR) is 108 cm³/mol. The average molecular weight is 381 g/mol. The lowest BCUT2D eigenvalue weighted by Gasteiger charge is -2.18. The molecular weight excluding hydrogens is 357 g/mol. The van der Waals surface area contributed by atoms with Gasteiger partial charge in [0.1, 0.15) is 0 Å². The number of nitrogens with one attached hydrogen (secondary N) is 2. The van der Waals surface area contributed by atoms with Crippen molar-refractivity contribution < 1.29 is 9.50 Å². The zero-order chi connectivity index (χ0) is 20.0. The molecule has 146 valence electrons. The Morgan fingerprint density at radius 2 is 2.18 bits per heavy atom. The second-order valence-corrected chi connectivity index (χ2v) is 7.80. The molecule has 2 aliphatic carbocycles. The van der Waals surface area contributed by atoms with Crippen molar-refractivity contribution in [3.8, 4) is 0 Å². The van der Waals surface area contributed by atoms with Crippen LogP contribution in [0.2, 0.25) is 0 Å². The van der Waals surface area contributed by atoms with Gasteiger partial charge in [0.05, 0.1) is 29.1 Å². The summed E-state index contributed by atoms with van der Waals surface area (Å²) in [5.74, 6) is 0.737. The first-order valence-electron chi connectivity index (χ1n) is 9.40. The normalized spacial score (nSPS) is 27.0. The molecule has 2 heterocycles. The summed E-state index contributed by atoms with van der Waals surface area (Å²) in [6, 6.07) is 2.08. The standard InChI is InChI=1S/C21H24FN5O/c1-10-5-17-20(26-27-21(17)24-8-10)12(3)23-9-18(22)11(2)25-19-7-14(13(4)28)15-6-16(15)19/h5,8-9,14-16,19,25,28H,2,4,6-7H2,1,3H3,(H,24,26,27)/b18-9+,23-12?. The third-order valence-corrected chi connectivity index (χ3v) is 5.79. The van der Waals surface area contributed by atoms with Gasteiger partial charge in [-0.1, -0.05) is 13.2 Å². The van der Waals surface area contributed by atoms with Crippen molar-refractivity contribution in [1.82, 2.24) is 20.5 Å². The zero-order valence-corrected chi connectivity index (χ0v) is 16.0. The molecule has 0 saturated heterocycles. The van der Waals surface area contributed by atoms with Crippen LogP contribution in [0.1, 0.15) is 31.0 Å². The highest BCUT2D eigenvalue weighted by atomic mass is 19.1. The van der Waals surface area contributed by atoms with Gasteiger partial charge in [-0.2, -0.15) is 5.10 Å². The number of hydrogen-bond acceptors (Lipinski definition) is 5. The second kappa shape index (κ2) is 6.89. The van der Waals surface area contributed by atoms with E-state index in [1.807, 2.05) is 13.0 Å². The van der Waals surface area contributed by atoms with Crippen molar-refractivity contribution in [3.05, 3.63) is 60.2 Å². The molecule has 0 radical (unpaired) electrons. The largest absolute Gasteiger partial charge is 0.513 e. The van der Waals surface area contributed by atoms with E-state index in [0.717, 1.165) is 29.5 Å².